The minimum atomic E-state index is -0.639. The number of aromatic nitrogens is 4. The molecule has 0 spiro atoms. The number of carbonyl (C=O) groups excluding carboxylic acids is 2. The maximum Gasteiger partial charge on any atom is 0.343 e. The molecule has 0 aliphatic rings. The van der Waals surface area contributed by atoms with Crippen molar-refractivity contribution in [3.05, 3.63) is 64.2 Å². The second kappa shape index (κ2) is 9.09. The van der Waals surface area contributed by atoms with Gasteiger partial charge < -0.3 is 9.15 Å². The Kier molecular flexibility index (Phi) is 6.24. The number of ether oxygens (including phenoxy) is 1. The molecule has 4 rings (SSSR count). The molecule has 0 aliphatic heterocycles. The summed E-state index contributed by atoms with van der Waals surface area (Å²) in [5.74, 6) is -0.0288. The van der Waals surface area contributed by atoms with Gasteiger partial charge in [-0.15, -0.1) is 23.1 Å². The van der Waals surface area contributed by atoms with Crippen molar-refractivity contribution in [1.82, 2.24) is 19.5 Å². The number of thioether (sulfide) groups is 1. The molecule has 0 saturated heterocycles. The number of hydrogen-bond donors (Lipinski definition) is 0. The molecule has 0 unspecified atom stereocenters. The molecule has 164 valence electrons. The molecule has 0 bridgehead atoms. The molecule has 0 amide bonds. The Morgan fingerprint density at radius 3 is 2.72 bits per heavy atom. The lowest BCUT2D eigenvalue weighted by Gasteiger charge is -2.11. The zero-order chi connectivity index (χ0) is 22.8. The lowest BCUT2D eigenvalue weighted by Crippen LogP contribution is -2.17. The predicted octanol–water partition coefficient (Wildman–Crippen LogP) is 4.67. The van der Waals surface area contributed by atoms with Crippen molar-refractivity contribution in [3.63, 3.8) is 0 Å². The van der Waals surface area contributed by atoms with Gasteiger partial charge in [-0.1, -0.05) is 0 Å². The Balaban J connectivity index is 1.53. The third kappa shape index (κ3) is 4.11. The van der Waals surface area contributed by atoms with E-state index in [1.807, 2.05) is 30.1 Å². The molecular formula is C22H20N4O4S2. The maximum absolute atomic E-state index is 12.8. The van der Waals surface area contributed by atoms with Gasteiger partial charge in [-0.2, -0.15) is 0 Å². The zero-order valence-corrected chi connectivity index (χ0v) is 19.5. The summed E-state index contributed by atoms with van der Waals surface area (Å²) in [5.41, 5.74) is 2.83. The Labute approximate surface area is 192 Å². The molecule has 8 nitrogen and oxygen atoms in total. The van der Waals surface area contributed by atoms with Crippen LogP contribution in [0.2, 0.25) is 0 Å². The molecule has 4 aromatic heterocycles. The smallest absolute Gasteiger partial charge is 0.343 e. The highest BCUT2D eigenvalue weighted by Crippen LogP contribution is 2.26. The molecule has 0 saturated carbocycles. The first-order valence-corrected chi connectivity index (χ1v) is 11.8. The molecule has 10 heteroatoms. The van der Waals surface area contributed by atoms with E-state index in [-0.39, 0.29) is 18.0 Å². The molecule has 4 aromatic rings. The summed E-state index contributed by atoms with van der Waals surface area (Å²) < 4.78 is 12.6. The molecular weight excluding hydrogens is 448 g/mol. The van der Waals surface area contributed by atoms with Gasteiger partial charge in [-0.25, -0.2) is 19.7 Å². The van der Waals surface area contributed by atoms with Gasteiger partial charge in [-0.05, 0) is 45.2 Å². The molecule has 32 heavy (non-hydrogen) atoms. The van der Waals surface area contributed by atoms with Crippen LogP contribution in [-0.2, 0) is 4.74 Å². The van der Waals surface area contributed by atoms with Crippen LogP contribution >= 0.6 is 23.1 Å². The van der Waals surface area contributed by atoms with E-state index in [2.05, 4.69) is 15.0 Å². The average Bonchev–Trinajstić information content (AvgIpc) is 3.53. The summed E-state index contributed by atoms with van der Waals surface area (Å²) in [4.78, 5) is 38.8. The summed E-state index contributed by atoms with van der Waals surface area (Å²) in [7, 11) is 0. The van der Waals surface area contributed by atoms with Crippen LogP contribution in [0.25, 0.3) is 16.7 Å². The summed E-state index contributed by atoms with van der Waals surface area (Å²) in [5, 5.41) is 3.12. The number of Topliss-reactive ketones (excluding diaryl/α,β-unsaturated/α-hetero) is 1. The minimum Gasteiger partial charge on any atom is -0.461 e. The quantitative estimate of drug-likeness (QED) is 0.167. The zero-order valence-electron chi connectivity index (χ0n) is 17.9. The topological polar surface area (TPSA) is 100 Å². The minimum absolute atomic E-state index is 0.244. The standard InChI is InChI=1S/C22H20N4O4S2/c1-12-10-15(14(3)26(12)22-23-7-9-32-22)16(27)11-30-21(28)18-13(2)24-19(25-20(18)31-4)17-6-5-8-29-17/h5-10H,11H2,1-4H3. The predicted molar refractivity (Wildman–Crippen MR) is 122 cm³/mol. The van der Waals surface area contributed by atoms with Crippen molar-refractivity contribution < 1.29 is 18.7 Å². The number of carbonyl (C=O) groups is 2. The van der Waals surface area contributed by atoms with Crippen molar-refractivity contribution in [2.24, 2.45) is 0 Å². The molecule has 0 N–H and O–H groups in total. The Bertz CT molecular complexity index is 1280. The van der Waals surface area contributed by atoms with Crippen molar-refractivity contribution in [3.8, 4) is 16.7 Å². The van der Waals surface area contributed by atoms with E-state index in [1.54, 1.807) is 31.3 Å². The Morgan fingerprint density at radius 1 is 1.25 bits per heavy atom. The first-order chi connectivity index (χ1) is 15.4. The Morgan fingerprint density at radius 2 is 2.06 bits per heavy atom. The van der Waals surface area contributed by atoms with Gasteiger partial charge in [0.2, 0.25) is 5.78 Å². The first-order valence-electron chi connectivity index (χ1n) is 9.66. The van der Waals surface area contributed by atoms with E-state index < -0.39 is 5.97 Å². The van der Waals surface area contributed by atoms with Crippen molar-refractivity contribution in [2.75, 3.05) is 12.9 Å². The van der Waals surface area contributed by atoms with Crippen LogP contribution in [-0.4, -0.2) is 44.1 Å². The third-order valence-electron chi connectivity index (χ3n) is 4.87. The lowest BCUT2D eigenvalue weighted by atomic mass is 10.1. The SMILES string of the molecule is CSc1nc(-c2ccco2)nc(C)c1C(=O)OCC(=O)c1cc(C)n(-c2nccs2)c1C. The fourth-order valence-corrected chi connectivity index (χ4v) is 4.76. The van der Waals surface area contributed by atoms with Gasteiger partial charge >= 0.3 is 5.97 Å². The first kappa shape index (κ1) is 22.0. The highest BCUT2D eigenvalue weighted by atomic mass is 32.2. The van der Waals surface area contributed by atoms with Gasteiger partial charge in [0.1, 0.15) is 10.6 Å². The van der Waals surface area contributed by atoms with Gasteiger partial charge in [0, 0.05) is 28.5 Å². The van der Waals surface area contributed by atoms with E-state index in [4.69, 9.17) is 9.15 Å². The van der Waals surface area contributed by atoms with Crippen molar-refractivity contribution in [2.45, 2.75) is 25.8 Å². The van der Waals surface area contributed by atoms with E-state index in [9.17, 15) is 9.59 Å². The summed E-state index contributed by atoms with van der Waals surface area (Å²) in [6.45, 7) is 5.08. The number of furan rings is 1. The fourth-order valence-electron chi connectivity index (χ4n) is 3.39. The van der Waals surface area contributed by atoms with Crippen LogP contribution in [0.5, 0.6) is 0 Å². The third-order valence-corrected chi connectivity index (χ3v) is 6.31. The number of aryl methyl sites for hydroxylation is 2. The number of rotatable bonds is 7. The number of ketones is 1. The van der Waals surface area contributed by atoms with Gasteiger partial charge in [0.25, 0.3) is 0 Å². The van der Waals surface area contributed by atoms with Crippen LogP contribution in [0.15, 0.2) is 45.5 Å². The van der Waals surface area contributed by atoms with Gasteiger partial charge in [0.05, 0.1) is 12.0 Å². The van der Waals surface area contributed by atoms with E-state index in [0.29, 0.717) is 27.9 Å². The molecule has 0 aromatic carbocycles. The van der Waals surface area contributed by atoms with Crippen LogP contribution in [0, 0.1) is 20.8 Å². The lowest BCUT2D eigenvalue weighted by molar-refractivity contribution is 0.0469. The summed E-state index contributed by atoms with van der Waals surface area (Å²) in [6.07, 6.45) is 5.06. The summed E-state index contributed by atoms with van der Waals surface area (Å²) in [6, 6.07) is 5.27. The Hall–Kier alpha value is -3.24. The maximum atomic E-state index is 12.8. The normalized spacial score (nSPS) is 11.0. The van der Waals surface area contributed by atoms with E-state index in [1.165, 1.54) is 29.4 Å². The van der Waals surface area contributed by atoms with E-state index >= 15 is 0 Å². The molecule has 0 aliphatic carbocycles. The summed E-state index contributed by atoms with van der Waals surface area (Å²) >= 11 is 2.78. The molecule has 0 radical (unpaired) electrons. The second-order valence-electron chi connectivity index (χ2n) is 6.93. The number of esters is 1. The molecule has 4 heterocycles. The number of nitrogens with zero attached hydrogens (tertiary/aromatic N) is 4. The second-order valence-corrected chi connectivity index (χ2v) is 8.60. The molecule has 0 fully saturated rings. The van der Waals surface area contributed by atoms with Crippen LogP contribution in [0.3, 0.4) is 0 Å². The molecule has 0 atom stereocenters. The van der Waals surface area contributed by atoms with Crippen molar-refractivity contribution in [1.29, 1.82) is 0 Å². The number of thiazole rings is 1. The van der Waals surface area contributed by atoms with Crippen LogP contribution in [0.4, 0.5) is 0 Å². The van der Waals surface area contributed by atoms with Gasteiger partial charge in [-0.3, -0.25) is 9.36 Å². The average molecular weight is 469 g/mol. The largest absolute Gasteiger partial charge is 0.461 e. The van der Waals surface area contributed by atoms with Gasteiger partial charge in [0.15, 0.2) is 23.3 Å². The van der Waals surface area contributed by atoms with Crippen molar-refractivity contribution >= 4 is 34.9 Å². The highest BCUT2D eigenvalue weighted by Gasteiger charge is 2.23. The van der Waals surface area contributed by atoms with E-state index in [0.717, 1.165) is 16.5 Å². The van der Waals surface area contributed by atoms with Crippen LogP contribution in [0.1, 0.15) is 37.8 Å². The highest BCUT2D eigenvalue weighted by molar-refractivity contribution is 7.98. The number of hydrogen-bond acceptors (Lipinski definition) is 9. The fraction of sp³-hybridized carbons (Fsp3) is 0.227. The van der Waals surface area contributed by atoms with Crippen LogP contribution < -0.4 is 0 Å². The monoisotopic (exact) mass is 468 g/mol.